The zero-order chi connectivity index (χ0) is 13.3. The standard InChI is InChI=1S/C16H34O/c1-7-14(2)10-8-11-15(3)12-9-13-16(4,5)17-6/h14-15H,7-13H2,1-6H3. The first kappa shape index (κ1) is 17.0. The Morgan fingerprint density at radius 2 is 1.47 bits per heavy atom. The molecule has 0 fully saturated rings. The van der Waals surface area contributed by atoms with Gasteiger partial charge in [0.1, 0.15) is 0 Å². The van der Waals surface area contributed by atoms with Gasteiger partial charge in [0.2, 0.25) is 0 Å². The van der Waals surface area contributed by atoms with E-state index in [1.165, 1.54) is 44.9 Å². The molecule has 2 atom stereocenters. The van der Waals surface area contributed by atoms with Crippen LogP contribution >= 0.6 is 0 Å². The highest BCUT2D eigenvalue weighted by atomic mass is 16.5. The Hall–Kier alpha value is -0.0400. The van der Waals surface area contributed by atoms with Crippen LogP contribution in [0.2, 0.25) is 0 Å². The predicted molar refractivity (Wildman–Crippen MR) is 77.4 cm³/mol. The second-order valence-corrected chi connectivity index (χ2v) is 6.41. The highest BCUT2D eigenvalue weighted by Gasteiger charge is 2.16. The zero-order valence-corrected chi connectivity index (χ0v) is 13.0. The fourth-order valence-electron chi connectivity index (χ4n) is 2.14. The van der Waals surface area contributed by atoms with E-state index in [-0.39, 0.29) is 5.60 Å². The van der Waals surface area contributed by atoms with Gasteiger partial charge in [0.15, 0.2) is 0 Å². The van der Waals surface area contributed by atoms with E-state index in [1.54, 1.807) is 0 Å². The largest absolute Gasteiger partial charge is 0.379 e. The molecule has 0 aliphatic heterocycles. The van der Waals surface area contributed by atoms with Crippen LogP contribution in [0.5, 0.6) is 0 Å². The van der Waals surface area contributed by atoms with Gasteiger partial charge in [-0.25, -0.2) is 0 Å². The van der Waals surface area contributed by atoms with Crippen molar-refractivity contribution in [3.8, 4) is 0 Å². The minimum Gasteiger partial charge on any atom is -0.379 e. The van der Waals surface area contributed by atoms with E-state index in [4.69, 9.17) is 4.74 Å². The van der Waals surface area contributed by atoms with E-state index in [0.717, 1.165) is 11.8 Å². The molecule has 0 rings (SSSR count). The van der Waals surface area contributed by atoms with Gasteiger partial charge in [-0.1, -0.05) is 59.3 Å². The Morgan fingerprint density at radius 1 is 0.941 bits per heavy atom. The normalized spacial score (nSPS) is 15.9. The van der Waals surface area contributed by atoms with Gasteiger partial charge in [-0.3, -0.25) is 0 Å². The molecule has 0 N–H and O–H groups in total. The molecular formula is C16H34O. The second kappa shape index (κ2) is 8.97. The van der Waals surface area contributed by atoms with Crippen molar-refractivity contribution in [3.63, 3.8) is 0 Å². The van der Waals surface area contributed by atoms with Crippen molar-refractivity contribution in [1.82, 2.24) is 0 Å². The number of rotatable bonds is 10. The van der Waals surface area contributed by atoms with E-state index >= 15 is 0 Å². The first-order chi connectivity index (χ1) is 7.91. The molecule has 0 aliphatic carbocycles. The maximum absolute atomic E-state index is 5.45. The fraction of sp³-hybridized carbons (Fsp3) is 1.00. The molecule has 0 saturated carbocycles. The minimum atomic E-state index is 0.0659. The third-order valence-electron chi connectivity index (χ3n) is 4.12. The molecule has 0 bridgehead atoms. The molecule has 0 radical (unpaired) electrons. The van der Waals surface area contributed by atoms with E-state index in [1.807, 2.05) is 7.11 Å². The number of ether oxygens (including phenoxy) is 1. The van der Waals surface area contributed by atoms with Crippen LogP contribution in [0, 0.1) is 11.8 Å². The van der Waals surface area contributed by atoms with Crippen molar-refractivity contribution in [2.45, 2.75) is 85.2 Å². The lowest BCUT2D eigenvalue weighted by molar-refractivity contribution is 0.0127. The summed E-state index contributed by atoms with van der Waals surface area (Å²) in [4.78, 5) is 0. The molecule has 1 nitrogen and oxygen atoms in total. The van der Waals surface area contributed by atoms with Crippen molar-refractivity contribution in [3.05, 3.63) is 0 Å². The molecule has 0 heterocycles. The number of hydrogen-bond donors (Lipinski definition) is 0. The van der Waals surface area contributed by atoms with E-state index < -0.39 is 0 Å². The smallest absolute Gasteiger partial charge is 0.0622 e. The number of hydrogen-bond acceptors (Lipinski definition) is 1. The second-order valence-electron chi connectivity index (χ2n) is 6.41. The zero-order valence-electron chi connectivity index (χ0n) is 13.0. The van der Waals surface area contributed by atoms with Gasteiger partial charge in [-0.2, -0.15) is 0 Å². The molecule has 17 heavy (non-hydrogen) atoms. The Kier molecular flexibility index (Phi) is 8.94. The van der Waals surface area contributed by atoms with Crippen molar-refractivity contribution < 1.29 is 4.74 Å². The van der Waals surface area contributed by atoms with Gasteiger partial charge in [0, 0.05) is 7.11 Å². The van der Waals surface area contributed by atoms with Crippen molar-refractivity contribution in [2.24, 2.45) is 11.8 Å². The highest BCUT2D eigenvalue weighted by Crippen LogP contribution is 2.22. The third kappa shape index (κ3) is 9.64. The average molecular weight is 242 g/mol. The Labute approximate surface area is 109 Å². The molecule has 0 aliphatic rings. The molecule has 0 aromatic carbocycles. The first-order valence-corrected chi connectivity index (χ1v) is 7.46. The minimum absolute atomic E-state index is 0.0659. The Morgan fingerprint density at radius 3 is 2.00 bits per heavy atom. The fourth-order valence-corrected chi connectivity index (χ4v) is 2.14. The van der Waals surface area contributed by atoms with Crippen molar-refractivity contribution in [1.29, 1.82) is 0 Å². The van der Waals surface area contributed by atoms with Gasteiger partial charge < -0.3 is 4.74 Å². The monoisotopic (exact) mass is 242 g/mol. The first-order valence-electron chi connectivity index (χ1n) is 7.46. The molecule has 104 valence electrons. The van der Waals surface area contributed by atoms with Gasteiger partial charge >= 0.3 is 0 Å². The molecule has 0 spiro atoms. The predicted octanol–water partition coefficient (Wildman–Crippen LogP) is 5.43. The summed E-state index contributed by atoms with van der Waals surface area (Å²) >= 11 is 0. The van der Waals surface area contributed by atoms with Crippen LogP contribution in [0.4, 0.5) is 0 Å². The maximum Gasteiger partial charge on any atom is 0.0622 e. The summed E-state index contributed by atoms with van der Waals surface area (Å²) in [6.07, 6.45) is 9.38. The summed E-state index contributed by atoms with van der Waals surface area (Å²) < 4.78 is 5.45. The van der Waals surface area contributed by atoms with Crippen LogP contribution in [0.15, 0.2) is 0 Å². The lowest BCUT2D eigenvalue weighted by Crippen LogP contribution is -2.22. The molecule has 0 aromatic rings. The SMILES string of the molecule is CCC(C)CCCC(C)CCCC(C)(C)OC. The third-order valence-corrected chi connectivity index (χ3v) is 4.12. The van der Waals surface area contributed by atoms with Crippen LogP contribution in [0.25, 0.3) is 0 Å². The van der Waals surface area contributed by atoms with E-state index in [2.05, 4.69) is 34.6 Å². The van der Waals surface area contributed by atoms with Gasteiger partial charge in [0.25, 0.3) is 0 Å². The molecule has 2 unspecified atom stereocenters. The van der Waals surface area contributed by atoms with Gasteiger partial charge in [0.05, 0.1) is 5.60 Å². The Balaban J connectivity index is 3.50. The lowest BCUT2D eigenvalue weighted by atomic mass is 9.92. The summed E-state index contributed by atoms with van der Waals surface area (Å²) in [5.74, 6) is 1.79. The molecule has 0 saturated heterocycles. The summed E-state index contributed by atoms with van der Waals surface area (Å²) in [6.45, 7) is 11.4. The topological polar surface area (TPSA) is 9.23 Å². The summed E-state index contributed by atoms with van der Waals surface area (Å²) in [7, 11) is 1.82. The van der Waals surface area contributed by atoms with Crippen molar-refractivity contribution >= 4 is 0 Å². The maximum atomic E-state index is 5.45. The summed E-state index contributed by atoms with van der Waals surface area (Å²) in [6, 6.07) is 0. The van der Waals surface area contributed by atoms with E-state index in [9.17, 15) is 0 Å². The Bertz CT molecular complexity index is 174. The molecule has 1 heteroatoms. The summed E-state index contributed by atoms with van der Waals surface area (Å²) in [5, 5.41) is 0. The molecule has 0 amide bonds. The van der Waals surface area contributed by atoms with Crippen LogP contribution < -0.4 is 0 Å². The quantitative estimate of drug-likeness (QED) is 0.496. The van der Waals surface area contributed by atoms with Gasteiger partial charge in [-0.05, 0) is 32.1 Å². The van der Waals surface area contributed by atoms with E-state index in [0.29, 0.717) is 0 Å². The average Bonchev–Trinajstić information content (AvgIpc) is 2.28. The lowest BCUT2D eigenvalue weighted by Gasteiger charge is -2.23. The van der Waals surface area contributed by atoms with Crippen LogP contribution in [0.1, 0.15) is 79.6 Å². The van der Waals surface area contributed by atoms with Gasteiger partial charge in [-0.15, -0.1) is 0 Å². The van der Waals surface area contributed by atoms with Crippen LogP contribution in [-0.2, 0) is 4.74 Å². The van der Waals surface area contributed by atoms with Crippen LogP contribution in [0.3, 0.4) is 0 Å². The summed E-state index contributed by atoms with van der Waals surface area (Å²) in [5.41, 5.74) is 0.0659. The van der Waals surface area contributed by atoms with Crippen LogP contribution in [-0.4, -0.2) is 12.7 Å². The van der Waals surface area contributed by atoms with Crippen molar-refractivity contribution in [2.75, 3.05) is 7.11 Å². The molecule has 0 aromatic heterocycles. The molecular weight excluding hydrogens is 208 g/mol. The highest BCUT2D eigenvalue weighted by molar-refractivity contribution is 4.68. The number of methoxy groups -OCH3 is 1.